The van der Waals surface area contributed by atoms with Crippen LogP contribution in [0, 0.1) is 11.6 Å². The van der Waals surface area contributed by atoms with Gasteiger partial charge < -0.3 is 10.4 Å². The molecule has 2 amide bonds. The SMILES string of the molecule is CCCC(NC(=O)[C@H](O)c1cc(F)cc(F)c1)C(=O)Nc1nnc(C(C)(C)CCC)s1. The number of halogens is 2. The minimum Gasteiger partial charge on any atom is -0.378 e. The third-order valence-electron chi connectivity index (χ3n) is 4.77. The number of benzene rings is 1. The summed E-state index contributed by atoms with van der Waals surface area (Å²) in [5.41, 5.74) is -0.408. The molecule has 0 saturated carbocycles. The summed E-state index contributed by atoms with van der Waals surface area (Å²) >= 11 is 1.27. The van der Waals surface area contributed by atoms with Crippen LogP contribution < -0.4 is 10.6 Å². The molecular formula is C21H28F2N4O3S. The van der Waals surface area contributed by atoms with Crippen LogP contribution in [0.2, 0.25) is 0 Å². The van der Waals surface area contributed by atoms with E-state index in [0.29, 0.717) is 24.0 Å². The van der Waals surface area contributed by atoms with Gasteiger partial charge in [0.15, 0.2) is 6.10 Å². The Morgan fingerprint density at radius 1 is 1.10 bits per heavy atom. The zero-order valence-electron chi connectivity index (χ0n) is 18.0. The summed E-state index contributed by atoms with van der Waals surface area (Å²) in [7, 11) is 0. The highest BCUT2D eigenvalue weighted by Gasteiger charge is 2.28. The molecule has 0 radical (unpaired) electrons. The van der Waals surface area contributed by atoms with Gasteiger partial charge in [-0.15, -0.1) is 10.2 Å². The first-order valence-corrected chi connectivity index (χ1v) is 11.0. The fourth-order valence-corrected chi connectivity index (χ4v) is 4.04. The predicted molar refractivity (Wildman–Crippen MR) is 115 cm³/mol. The lowest BCUT2D eigenvalue weighted by Crippen LogP contribution is -2.45. The maximum Gasteiger partial charge on any atom is 0.254 e. The van der Waals surface area contributed by atoms with Gasteiger partial charge in [0.2, 0.25) is 11.0 Å². The van der Waals surface area contributed by atoms with Gasteiger partial charge in [0.25, 0.3) is 5.91 Å². The molecule has 2 rings (SSSR count). The second-order valence-corrected chi connectivity index (χ2v) is 8.97. The largest absolute Gasteiger partial charge is 0.378 e. The molecule has 0 bridgehead atoms. The number of hydrogen-bond acceptors (Lipinski definition) is 6. The Balaban J connectivity index is 2.08. The van der Waals surface area contributed by atoms with Gasteiger partial charge in [0, 0.05) is 11.5 Å². The summed E-state index contributed by atoms with van der Waals surface area (Å²) in [5, 5.41) is 24.6. The molecule has 0 aliphatic carbocycles. The van der Waals surface area contributed by atoms with Gasteiger partial charge >= 0.3 is 0 Å². The first-order chi connectivity index (χ1) is 14.6. The van der Waals surface area contributed by atoms with E-state index in [1.54, 1.807) is 0 Å². The molecule has 0 aliphatic rings. The van der Waals surface area contributed by atoms with Crippen LogP contribution in [0.5, 0.6) is 0 Å². The van der Waals surface area contributed by atoms with Crippen LogP contribution in [0.3, 0.4) is 0 Å². The number of amides is 2. The minimum atomic E-state index is -1.82. The zero-order chi connectivity index (χ0) is 23.2. The van der Waals surface area contributed by atoms with E-state index >= 15 is 0 Å². The number of rotatable bonds is 10. The van der Waals surface area contributed by atoms with Crippen LogP contribution >= 0.6 is 11.3 Å². The molecule has 1 aromatic carbocycles. The number of aliphatic hydroxyl groups excluding tert-OH is 1. The zero-order valence-corrected chi connectivity index (χ0v) is 18.9. The number of carbonyl (C=O) groups excluding carboxylic acids is 2. The van der Waals surface area contributed by atoms with Crippen LogP contribution in [0.4, 0.5) is 13.9 Å². The van der Waals surface area contributed by atoms with Crippen molar-refractivity contribution in [2.45, 2.75) is 70.9 Å². The molecule has 0 spiro atoms. The van der Waals surface area contributed by atoms with Gasteiger partial charge in [-0.25, -0.2) is 8.78 Å². The van der Waals surface area contributed by atoms with Crippen LogP contribution in [0.15, 0.2) is 18.2 Å². The quantitative estimate of drug-likeness (QED) is 0.506. The Bertz CT molecular complexity index is 900. The molecule has 10 heteroatoms. The van der Waals surface area contributed by atoms with Crippen molar-refractivity contribution in [1.29, 1.82) is 0 Å². The lowest BCUT2D eigenvalue weighted by Gasteiger charge is -2.20. The normalized spacial score (nSPS) is 13.5. The number of nitrogens with one attached hydrogen (secondary N) is 2. The Morgan fingerprint density at radius 3 is 2.32 bits per heavy atom. The Kier molecular flexibility index (Phi) is 8.58. The highest BCUT2D eigenvalue weighted by molar-refractivity contribution is 7.15. The van der Waals surface area contributed by atoms with Gasteiger partial charge in [-0.05, 0) is 30.5 Å². The van der Waals surface area contributed by atoms with E-state index in [0.717, 1.165) is 30.0 Å². The second kappa shape index (κ2) is 10.7. The van der Waals surface area contributed by atoms with Gasteiger partial charge in [0.05, 0.1) is 0 Å². The summed E-state index contributed by atoms with van der Waals surface area (Å²) in [6.45, 7) is 8.02. The average Bonchev–Trinajstić information content (AvgIpc) is 3.15. The summed E-state index contributed by atoms with van der Waals surface area (Å²) < 4.78 is 26.8. The smallest absolute Gasteiger partial charge is 0.254 e. The molecule has 0 saturated heterocycles. The van der Waals surface area contributed by atoms with Crippen molar-refractivity contribution in [1.82, 2.24) is 15.5 Å². The van der Waals surface area contributed by atoms with E-state index in [4.69, 9.17) is 0 Å². The molecule has 0 fully saturated rings. The first kappa shape index (κ1) is 24.8. The third kappa shape index (κ3) is 6.76. The van der Waals surface area contributed by atoms with Crippen molar-refractivity contribution < 1.29 is 23.5 Å². The molecule has 1 aromatic heterocycles. The molecular weight excluding hydrogens is 426 g/mol. The van der Waals surface area contributed by atoms with Gasteiger partial charge in [-0.1, -0.05) is 51.9 Å². The van der Waals surface area contributed by atoms with Crippen LogP contribution in [0.25, 0.3) is 0 Å². The summed E-state index contributed by atoms with van der Waals surface area (Å²) in [4.78, 5) is 25.1. The maximum absolute atomic E-state index is 13.4. The van der Waals surface area contributed by atoms with Crippen molar-refractivity contribution in [3.8, 4) is 0 Å². The Labute approximate surface area is 184 Å². The number of nitrogens with zero attached hydrogens (tertiary/aromatic N) is 2. The van der Waals surface area contributed by atoms with Gasteiger partial charge in [0.1, 0.15) is 22.7 Å². The van der Waals surface area contributed by atoms with Crippen molar-refractivity contribution in [2.24, 2.45) is 0 Å². The van der Waals surface area contributed by atoms with E-state index in [9.17, 15) is 23.5 Å². The molecule has 0 aliphatic heterocycles. The highest BCUT2D eigenvalue weighted by Crippen LogP contribution is 2.32. The van der Waals surface area contributed by atoms with E-state index in [2.05, 4.69) is 41.6 Å². The topological polar surface area (TPSA) is 104 Å². The van der Waals surface area contributed by atoms with Crippen LogP contribution in [-0.4, -0.2) is 33.2 Å². The van der Waals surface area contributed by atoms with Crippen LogP contribution in [0.1, 0.15) is 70.1 Å². The first-order valence-electron chi connectivity index (χ1n) is 10.2. The fraction of sp³-hybridized carbons (Fsp3) is 0.524. The lowest BCUT2D eigenvalue weighted by atomic mass is 9.89. The van der Waals surface area contributed by atoms with E-state index in [1.807, 2.05) is 6.92 Å². The van der Waals surface area contributed by atoms with Crippen molar-refractivity contribution >= 4 is 28.3 Å². The number of anilines is 1. The van der Waals surface area contributed by atoms with Gasteiger partial charge in [-0.3, -0.25) is 14.9 Å². The van der Waals surface area contributed by atoms with Crippen molar-refractivity contribution in [3.63, 3.8) is 0 Å². The number of carbonyl (C=O) groups is 2. The Morgan fingerprint density at radius 2 is 1.74 bits per heavy atom. The van der Waals surface area contributed by atoms with Gasteiger partial charge in [-0.2, -0.15) is 0 Å². The molecule has 3 N–H and O–H groups in total. The lowest BCUT2D eigenvalue weighted by molar-refractivity contribution is -0.133. The highest BCUT2D eigenvalue weighted by atomic mass is 32.1. The average molecular weight is 455 g/mol. The minimum absolute atomic E-state index is 0.170. The molecule has 1 heterocycles. The number of aromatic nitrogens is 2. The van der Waals surface area contributed by atoms with E-state index < -0.39 is 35.6 Å². The standard InChI is InChI=1S/C21H28F2N4O3S/c1-5-7-15(24-18(30)16(28)12-9-13(22)11-14(23)10-12)17(29)25-20-27-26-19(31-20)21(3,4)8-6-2/h9-11,15-16,28H,5-8H2,1-4H3,(H,24,30)(H,25,27,29)/t15?,16-/m1/s1. The number of aliphatic hydroxyl groups is 1. The third-order valence-corrected chi connectivity index (χ3v) is 5.97. The molecule has 7 nitrogen and oxygen atoms in total. The molecule has 31 heavy (non-hydrogen) atoms. The second-order valence-electron chi connectivity index (χ2n) is 7.99. The summed E-state index contributed by atoms with van der Waals surface area (Å²) in [5.74, 6) is -3.27. The maximum atomic E-state index is 13.4. The Hall–Kier alpha value is -2.46. The predicted octanol–water partition coefficient (Wildman–Crippen LogP) is 3.85. The fourth-order valence-electron chi connectivity index (χ4n) is 3.16. The van der Waals surface area contributed by atoms with E-state index in [-0.39, 0.29) is 11.0 Å². The van der Waals surface area contributed by atoms with Crippen molar-refractivity contribution in [3.05, 3.63) is 40.4 Å². The van der Waals surface area contributed by atoms with Crippen molar-refractivity contribution in [2.75, 3.05) is 5.32 Å². The molecule has 1 unspecified atom stereocenters. The molecule has 2 aromatic rings. The monoisotopic (exact) mass is 454 g/mol. The molecule has 170 valence electrons. The number of hydrogen-bond donors (Lipinski definition) is 3. The molecule has 2 atom stereocenters. The summed E-state index contributed by atoms with van der Waals surface area (Å²) in [6, 6.07) is 1.41. The van der Waals surface area contributed by atoms with Crippen LogP contribution in [-0.2, 0) is 15.0 Å². The summed E-state index contributed by atoms with van der Waals surface area (Å²) in [6.07, 6.45) is 0.960. The van der Waals surface area contributed by atoms with E-state index in [1.165, 1.54) is 11.3 Å².